The summed E-state index contributed by atoms with van der Waals surface area (Å²) in [7, 11) is 4.01. The van der Waals surface area contributed by atoms with E-state index in [4.69, 9.17) is 23.2 Å². The number of halogens is 2. The van der Waals surface area contributed by atoms with Crippen molar-refractivity contribution in [3.63, 3.8) is 0 Å². The number of hydrogen-bond acceptors (Lipinski definition) is 5. The Hall–Kier alpha value is -2.50. The van der Waals surface area contributed by atoms with E-state index in [9.17, 15) is 0 Å². The van der Waals surface area contributed by atoms with Gasteiger partial charge in [-0.1, -0.05) is 29.3 Å². The molecule has 1 heterocycles. The van der Waals surface area contributed by atoms with Crippen molar-refractivity contribution < 1.29 is 0 Å². The molecule has 0 amide bonds. The van der Waals surface area contributed by atoms with Crippen LogP contribution in [-0.2, 0) is 0 Å². The lowest BCUT2D eigenvalue weighted by Gasteiger charge is -2.14. The zero-order chi connectivity index (χ0) is 18.7. The summed E-state index contributed by atoms with van der Waals surface area (Å²) in [5, 5.41) is 7.36. The van der Waals surface area contributed by atoms with Crippen LogP contribution in [0.25, 0.3) is 0 Å². The van der Waals surface area contributed by atoms with Crippen molar-refractivity contribution in [2.75, 3.05) is 29.6 Å². The number of aromatic nitrogens is 2. The fraction of sp³-hybridized carbons (Fsp3) is 0.158. The molecule has 0 saturated heterocycles. The highest BCUT2D eigenvalue weighted by Gasteiger charge is 2.08. The second kappa shape index (κ2) is 7.81. The smallest absolute Gasteiger partial charge is 0.229 e. The second-order valence-corrected chi connectivity index (χ2v) is 6.80. The molecule has 0 aliphatic rings. The Balaban J connectivity index is 1.82. The van der Waals surface area contributed by atoms with Crippen molar-refractivity contribution in [2.24, 2.45) is 0 Å². The minimum Gasteiger partial charge on any atom is -0.378 e. The molecule has 2 N–H and O–H groups in total. The highest BCUT2D eigenvalue weighted by atomic mass is 35.5. The first kappa shape index (κ1) is 18.3. The van der Waals surface area contributed by atoms with Crippen LogP contribution in [0.5, 0.6) is 0 Å². The van der Waals surface area contributed by atoms with Gasteiger partial charge in [-0.15, -0.1) is 0 Å². The van der Waals surface area contributed by atoms with Crippen LogP contribution >= 0.6 is 23.2 Å². The molecule has 26 heavy (non-hydrogen) atoms. The topological polar surface area (TPSA) is 53.1 Å². The van der Waals surface area contributed by atoms with Crippen molar-refractivity contribution in [3.8, 4) is 0 Å². The maximum Gasteiger partial charge on any atom is 0.229 e. The van der Waals surface area contributed by atoms with Crippen LogP contribution in [0.1, 0.15) is 5.69 Å². The summed E-state index contributed by atoms with van der Waals surface area (Å²) in [5.74, 6) is 1.14. The van der Waals surface area contributed by atoms with E-state index in [0.717, 1.165) is 17.1 Å². The van der Waals surface area contributed by atoms with Gasteiger partial charge in [-0.3, -0.25) is 0 Å². The first-order valence-electron chi connectivity index (χ1n) is 8.03. The van der Waals surface area contributed by atoms with Crippen molar-refractivity contribution in [3.05, 3.63) is 64.3 Å². The standard InChI is InChI=1S/C19H19Cl2N5/c1-12-11-17(24-16-6-4-5-15(20)18(16)21)25-19(22-12)23-13-7-9-14(10-8-13)26(2)3/h4-11H,1-3H3,(H2,22,23,24,25). The van der Waals surface area contributed by atoms with Gasteiger partial charge in [-0.05, 0) is 43.3 Å². The maximum absolute atomic E-state index is 6.24. The predicted molar refractivity (Wildman–Crippen MR) is 111 cm³/mol. The summed E-state index contributed by atoms with van der Waals surface area (Å²) >= 11 is 12.3. The molecule has 0 atom stereocenters. The first-order valence-corrected chi connectivity index (χ1v) is 8.79. The van der Waals surface area contributed by atoms with Gasteiger partial charge in [0.05, 0.1) is 15.7 Å². The average Bonchev–Trinajstić information content (AvgIpc) is 2.59. The molecule has 0 unspecified atom stereocenters. The average molecular weight is 388 g/mol. The molecule has 5 nitrogen and oxygen atoms in total. The van der Waals surface area contributed by atoms with E-state index in [2.05, 4.69) is 20.6 Å². The third-order valence-corrected chi connectivity index (χ3v) is 4.53. The number of aryl methyl sites for hydroxylation is 1. The zero-order valence-corrected chi connectivity index (χ0v) is 16.2. The van der Waals surface area contributed by atoms with Gasteiger partial charge < -0.3 is 15.5 Å². The van der Waals surface area contributed by atoms with E-state index >= 15 is 0 Å². The first-order chi connectivity index (χ1) is 12.4. The molecule has 1 aromatic heterocycles. The van der Waals surface area contributed by atoms with E-state index in [1.807, 2.05) is 68.4 Å². The predicted octanol–water partition coefficient (Wildman–Crippen LogP) is 5.65. The lowest BCUT2D eigenvalue weighted by atomic mass is 10.2. The van der Waals surface area contributed by atoms with Gasteiger partial charge in [0.25, 0.3) is 0 Å². The Labute approximate surface area is 163 Å². The van der Waals surface area contributed by atoms with Gasteiger partial charge in [0.2, 0.25) is 5.95 Å². The normalized spacial score (nSPS) is 10.5. The molecule has 0 fully saturated rings. The molecule has 0 aliphatic heterocycles. The fourth-order valence-electron chi connectivity index (χ4n) is 2.40. The maximum atomic E-state index is 6.24. The van der Waals surface area contributed by atoms with Gasteiger partial charge in [-0.25, -0.2) is 4.98 Å². The highest BCUT2D eigenvalue weighted by molar-refractivity contribution is 6.43. The third kappa shape index (κ3) is 4.36. The van der Waals surface area contributed by atoms with Crippen molar-refractivity contribution >= 4 is 52.0 Å². The van der Waals surface area contributed by atoms with E-state index in [1.165, 1.54) is 0 Å². The Morgan fingerprint density at radius 1 is 0.923 bits per heavy atom. The molecular formula is C19H19Cl2N5. The molecule has 134 valence electrons. The van der Waals surface area contributed by atoms with E-state index in [1.54, 1.807) is 6.07 Å². The summed E-state index contributed by atoms with van der Waals surface area (Å²) in [4.78, 5) is 11.0. The Kier molecular flexibility index (Phi) is 5.49. The van der Waals surface area contributed by atoms with Crippen LogP contribution in [0.3, 0.4) is 0 Å². The molecule has 2 aromatic carbocycles. The van der Waals surface area contributed by atoms with Gasteiger partial charge in [0.15, 0.2) is 0 Å². The van der Waals surface area contributed by atoms with Crippen LogP contribution in [-0.4, -0.2) is 24.1 Å². The summed E-state index contributed by atoms with van der Waals surface area (Å²) in [6, 6.07) is 15.3. The monoisotopic (exact) mass is 387 g/mol. The SMILES string of the molecule is Cc1cc(Nc2cccc(Cl)c2Cl)nc(Nc2ccc(N(C)C)cc2)n1. The quantitative estimate of drug-likeness (QED) is 0.592. The molecule has 7 heteroatoms. The molecule has 0 bridgehead atoms. The summed E-state index contributed by atoms with van der Waals surface area (Å²) in [6.07, 6.45) is 0. The van der Waals surface area contributed by atoms with E-state index < -0.39 is 0 Å². The lowest BCUT2D eigenvalue weighted by molar-refractivity contribution is 1.11. The fourth-order valence-corrected chi connectivity index (χ4v) is 2.75. The molecule has 3 rings (SSSR count). The van der Waals surface area contributed by atoms with Gasteiger partial charge in [0.1, 0.15) is 5.82 Å². The van der Waals surface area contributed by atoms with E-state index in [-0.39, 0.29) is 0 Å². The van der Waals surface area contributed by atoms with Gasteiger partial charge >= 0.3 is 0 Å². The number of anilines is 5. The van der Waals surface area contributed by atoms with Gasteiger partial charge in [0, 0.05) is 37.2 Å². The Bertz CT molecular complexity index is 910. The van der Waals surface area contributed by atoms with Gasteiger partial charge in [-0.2, -0.15) is 4.98 Å². The van der Waals surface area contributed by atoms with Crippen LogP contribution in [0, 0.1) is 6.92 Å². The summed E-state index contributed by atoms with van der Waals surface area (Å²) < 4.78 is 0. The Morgan fingerprint density at radius 3 is 2.35 bits per heavy atom. The van der Waals surface area contributed by atoms with Crippen molar-refractivity contribution in [2.45, 2.75) is 6.92 Å². The molecule has 0 spiro atoms. The highest BCUT2D eigenvalue weighted by Crippen LogP contribution is 2.31. The number of rotatable bonds is 5. The number of nitrogens with one attached hydrogen (secondary N) is 2. The summed E-state index contributed by atoms with van der Waals surface area (Å²) in [5.41, 5.74) is 3.55. The molecule has 0 aliphatic carbocycles. The minimum absolute atomic E-state index is 0.458. The van der Waals surface area contributed by atoms with Crippen LogP contribution in [0.15, 0.2) is 48.5 Å². The third-order valence-electron chi connectivity index (χ3n) is 3.71. The molecular weight excluding hydrogens is 369 g/mol. The molecule has 0 radical (unpaired) electrons. The number of nitrogens with zero attached hydrogens (tertiary/aromatic N) is 3. The minimum atomic E-state index is 0.458. The second-order valence-electron chi connectivity index (χ2n) is 6.01. The Morgan fingerprint density at radius 2 is 1.65 bits per heavy atom. The van der Waals surface area contributed by atoms with Crippen molar-refractivity contribution in [1.29, 1.82) is 0 Å². The zero-order valence-electron chi connectivity index (χ0n) is 14.7. The molecule has 0 saturated carbocycles. The molecule has 3 aromatic rings. The van der Waals surface area contributed by atoms with Crippen molar-refractivity contribution in [1.82, 2.24) is 9.97 Å². The lowest BCUT2D eigenvalue weighted by Crippen LogP contribution is -2.08. The number of hydrogen-bond donors (Lipinski definition) is 2. The number of benzene rings is 2. The van der Waals surface area contributed by atoms with Crippen LogP contribution in [0.2, 0.25) is 10.0 Å². The largest absolute Gasteiger partial charge is 0.378 e. The van der Waals surface area contributed by atoms with Crippen LogP contribution < -0.4 is 15.5 Å². The van der Waals surface area contributed by atoms with E-state index in [0.29, 0.717) is 27.5 Å². The van der Waals surface area contributed by atoms with Crippen LogP contribution in [0.4, 0.5) is 28.8 Å². The summed E-state index contributed by atoms with van der Waals surface area (Å²) in [6.45, 7) is 1.91.